The van der Waals surface area contributed by atoms with Gasteiger partial charge in [-0.1, -0.05) is 29.8 Å². The first-order valence-electron chi connectivity index (χ1n) is 9.83. The quantitative estimate of drug-likeness (QED) is 0.834. The number of nitrogens with two attached hydrogens (primary N) is 1. The number of amides is 2. The number of aryl methyl sites for hydroxylation is 3. The van der Waals surface area contributed by atoms with Crippen LogP contribution in [-0.2, 0) is 11.3 Å². The van der Waals surface area contributed by atoms with E-state index in [9.17, 15) is 9.59 Å². The van der Waals surface area contributed by atoms with Crippen molar-refractivity contribution >= 4 is 17.5 Å². The molecule has 0 saturated carbocycles. The van der Waals surface area contributed by atoms with Crippen LogP contribution >= 0.6 is 0 Å². The standard InChI is InChI=1S/C23H29N3O2/c1-15-10-16(2)21(17(3)11-15)25-23(28)19-7-4-6-18(12-19)13-26-9-5-8-20(14-26)22(24)27/h4,6-7,10-12,20H,5,8-9,13-14H2,1-3H3,(H2,24,27)(H,25,28). The fraction of sp³-hybridized carbons (Fsp3) is 0.391. The van der Waals surface area contributed by atoms with Crippen LogP contribution in [0.3, 0.4) is 0 Å². The monoisotopic (exact) mass is 379 g/mol. The predicted molar refractivity (Wildman–Crippen MR) is 112 cm³/mol. The molecular formula is C23H29N3O2. The van der Waals surface area contributed by atoms with Gasteiger partial charge in [0.15, 0.2) is 0 Å². The van der Waals surface area contributed by atoms with Crippen LogP contribution in [0.15, 0.2) is 36.4 Å². The molecule has 5 heteroatoms. The van der Waals surface area contributed by atoms with E-state index in [-0.39, 0.29) is 17.7 Å². The summed E-state index contributed by atoms with van der Waals surface area (Å²) in [5.41, 5.74) is 11.4. The van der Waals surface area contributed by atoms with Crippen LogP contribution in [0, 0.1) is 26.7 Å². The van der Waals surface area contributed by atoms with E-state index in [0.29, 0.717) is 18.7 Å². The summed E-state index contributed by atoms with van der Waals surface area (Å²) in [5, 5.41) is 3.06. The number of piperidine rings is 1. The summed E-state index contributed by atoms with van der Waals surface area (Å²) < 4.78 is 0. The zero-order valence-electron chi connectivity index (χ0n) is 16.9. The van der Waals surface area contributed by atoms with Gasteiger partial charge in [-0.2, -0.15) is 0 Å². The summed E-state index contributed by atoms with van der Waals surface area (Å²) in [6.45, 7) is 8.43. The van der Waals surface area contributed by atoms with Gasteiger partial charge in [0.2, 0.25) is 5.91 Å². The summed E-state index contributed by atoms with van der Waals surface area (Å²) in [6.07, 6.45) is 1.84. The molecule has 1 unspecified atom stereocenters. The van der Waals surface area contributed by atoms with Crippen LogP contribution < -0.4 is 11.1 Å². The first kappa shape index (κ1) is 20.1. The molecule has 2 aromatic rings. The number of hydrogen-bond acceptors (Lipinski definition) is 3. The van der Waals surface area contributed by atoms with Crippen molar-refractivity contribution < 1.29 is 9.59 Å². The highest BCUT2D eigenvalue weighted by Crippen LogP contribution is 2.23. The lowest BCUT2D eigenvalue weighted by molar-refractivity contribution is -0.123. The van der Waals surface area contributed by atoms with Crippen molar-refractivity contribution in [1.29, 1.82) is 0 Å². The minimum absolute atomic E-state index is 0.0762. The van der Waals surface area contributed by atoms with Gasteiger partial charge in [0, 0.05) is 24.3 Å². The second kappa shape index (κ2) is 8.57. The normalized spacial score (nSPS) is 17.3. The third-order valence-corrected chi connectivity index (χ3v) is 5.42. The summed E-state index contributed by atoms with van der Waals surface area (Å²) in [5.74, 6) is -0.403. The van der Waals surface area contributed by atoms with Crippen LogP contribution in [0.5, 0.6) is 0 Å². The highest BCUT2D eigenvalue weighted by atomic mass is 16.2. The molecule has 2 aromatic carbocycles. The first-order valence-corrected chi connectivity index (χ1v) is 9.83. The summed E-state index contributed by atoms with van der Waals surface area (Å²) >= 11 is 0. The SMILES string of the molecule is Cc1cc(C)c(NC(=O)c2cccc(CN3CCCC(C(N)=O)C3)c2)c(C)c1. The smallest absolute Gasteiger partial charge is 0.255 e. The minimum Gasteiger partial charge on any atom is -0.369 e. The molecule has 2 amide bonds. The van der Waals surface area contributed by atoms with Gasteiger partial charge < -0.3 is 11.1 Å². The molecule has 0 radical (unpaired) electrons. The molecule has 0 spiro atoms. The van der Waals surface area contributed by atoms with E-state index in [1.165, 1.54) is 5.56 Å². The van der Waals surface area contributed by atoms with Crippen molar-refractivity contribution in [2.75, 3.05) is 18.4 Å². The van der Waals surface area contributed by atoms with Crippen LogP contribution in [0.25, 0.3) is 0 Å². The molecule has 1 aliphatic heterocycles. The summed E-state index contributed by atoms with van der Waals surface area (Å²) in [4.78, 5) is 26.5. The van der Waals surface area contributed by atoms with E-state index < -0.39 is 0 Å². The Labute approximate surface area is 166 Å². The number of hydrogen-bond donors (Lipinski definition) is 2. The lowest BCUT2D eigenvalue weighted by atomic mass is 9.97. The molecule has 3 N–H and O–H groups in total. The number of anilines is 1. The molecule has 3 rings (SSSR count). The molecule has 1 fully saturated rings. The van der Waals surface area contributed by atoms with Crippen LogP contribution in [0.2, 0.25) is 0 Å². The number of carbonyl (C=O) groups is 2. The van der Waals surface area contributed by atoms with Gasteiger partial charge in [-0.05, 0) is 69.0 Å². The molecule has 1 aliphatic rings. The molecule has 1 heterocycles. The van der Waals surface area contributed by atoms with E-state index in [4.69, 9.17) is 5.73 Å². The third-order valence-electron chi connectivity index (χ3n) is 5.42. The maximum absolute atomic E-state index is 12.8. The second-order valence-electron chi connectivity index (χ2n) is 7.90. The van der Waals surface area contributed by atoms with Crippen molar-refractivity contribution in [3.05, 3.63) is 64.2 Å². The van der Waals surface area contributed by atoms with E-state index in [0.717, 1.165) is 41.8 Å². The second-order valence-corrected chi connectivity index (χ2v) is 7.90. The zero-order chi connectivity index (χ0) is 20.3. The number of benzene rings is 2. The van der Waals surface area contributed by atoms with Gasteiger partial charge >= 0.3 is 0 Å². The summed E-state index contributed by atoms with van der Waals surface area (Å²) in [6, 6.07) is 11.8. The van der Waals surface area contributed by atoms with E-state index in [1.807, 2.05) is 38.1 Å². The average Bonchev–Trinajstić information content (AvgIpc) is 2.65. The lowest BCUT2D eigenvalue weighted by Gasteiger charge is -2.31. The maximum atomic E-state index is 12.8. The number of nitrogens with zero attached hydrogens (tertiary/aromatic N) is 1. The number of carbonyl (C=O) groups excluding carboxylic acids is 2. The Kier molecular flexibility index (Phi) is 6.15. The Morgan fingerprint density at radius 1 is 1.14 bits per heavy atom. The zero-order valence-corrected chi connectivity index (χ0v) is 16.9. The van der Waals surface area contributed by atoms with Crippen LogP contribution in [0.1, 0.15) is 45.5 Å². The van der Waals surface area contributed by atoms with Gasteiger partial charge in [0.1, 0.15) is 0 Å². The minimum atomic E-state index is -0.221. The maximum Gasteiger partial charge on any atom is 0.255 e. The molecule has 0 bridgehead atoms. The number of nitrogens with one attached hydrogen (secondary N) is 1. The Morgan fingerprint density at radius 3 is 2.54 bits per heavy atom. The number of primary amides is 1. The number of rotatable bonds is 5. The van der Waals surface area contributed by atoms with Crippen molar-refractivity contribution in [3.8, 4) is 0 Å². The first-order chi connectivity index (χ1) is 13.3. The number of likely N-dealkylation sites (tertiary alicyclic amines) is 1. The topological polar surface area (TPSA) is 75.4 Å². The molecule has 0 aromatic heterocycles. The van der Waals surface area contributed by atoms with E-state index in [1.54, 1.807) is 0 Å². The molecule has 1 saturated heterocycles. The van der Waals surface area contributed by atoms with Crippen LogP contribution in [0.4, 0.5) is 5.69 Å². The fourth-order valence-corrected chi connectivity index (χ4v) is 4.06. The van der Waals surface area contributed by atoms with Crippen molar-refractivity contribution in [2.24, 2.45) is 11.7 Å². The Bertz CT molecular complexity index is 868. The van der Waals surface area contributed by atoms with E-state index >= 15 is 0 Å². The van der Waals surface area contributed by atoms with Crippen LogP contribution in [-0.4, -0.2) is 29.8 Å². The average molecular weight is 380 g/mol. The van der Waals surface area contributed by atoms with Gasteiger partial charge in [0.05, 0.1) is 5.92 Å². The molecule has 28 heavy (non-hydrogen) atoms. The van der Waals surface area contributed by atoms with Gasteiger partial charge in [-0.25, -0.2) is 0 Å². The third kappa shape index (κ3) is 4.78. The Balaban J connectivity index is 1.71. The fourth-order valence-electron chi connectivity index (χ4n) is 4.06. The van der Waals surface area contributed by atoms with Gasteiger partial charge in [-0.15, -0.1) is 0 Å². The molecule has 1 atom stereocenters. The van der Waals surface area contributed by atoms with Gasteiger partial charge in [-0.3, -0.25) is 14.5 Å². The highest BCUT2D eigenvalue weighted by Gasteiger charge is 2.24. The molecular weight excluding hydrogens is 350 g/mol. The predicted octanol–water partition coefficient (Wildman–Crippen LogP) is 3.56. The Hall–Kier alpha value is -2.66. The van der Waals surface area contributed by atoms with Crippen molar-refractivity contribution in [1.82, 2.24) is 4.90 Å². The lowest BCUT2D eigenvalue weighted by Crippen LogP contribution is -2.40. The molecule has 5 nitrogen and oxygen atoms in total. The Morgan fingerprint density at radius 2 is 1.86 bits per heavy atom. The largest absolute Gasteiger partial charge is 0.369 e. The van der Waals surface area contributed by atoms with Gasteiger partial charge in [0.25, 0.3) is 5.91 Å². The van der Waals surface area contributed by atoms with E-state index in [2.05, 4.69) is 29.3 Å². The summed E-state index contributed by atoms with van der Waals surface area (Å²) in [7, 11) is 0. The molecule has 148 valence electrons. The highest BCUT2D eigenvalue weighted by molar-refractivity contribution is 6.05. The van der Waals surface area contributed by atoms with Crippen molar-refractivity contribution in [3.63, 3.8) is 0 Å². The molecule has 0 aliphatic carbocycles. The van der Waals surface area contributed by atoms with Crippen molar-refractivity contribution in [2.45, 2.75) is 40.2 Å².